The second kappa shape index (κ2) is 4.58. The minimum atomic E-state index is -0.711. The molecule has 0 unspecified atom stereocenters. The van der Waals surface area contributed by atoms with Crippen molar-refractivity contribution in [3.63, 3.8) is 0 Å². The Morgan fingerprint density at radius 2 is 2.06 bits per heavy atom. The zero-order valence-corrected chi connectivity index (χ0v) is 8.52. The molecule has 0 amide bonds. The molecule has 1 aromatic heterocycles. The average Bonchev–Trinajstić information content (AvgIpc) is 2.29. The lowest BCUT2D eigenvalue weighted by atomic mass is 10.2. The third kappa shape index (κ3) is 2.37. The van der Waals surface area contributed by atoms with Crippen molar-refractivity contribution >= 4 is 0 Å². The van der Waals surface area contributed by atoms with Crippen LogP contribution in [0.15, 0.2) is 36.5 Å². The van der Waals surface area contributed by atoms with Gasteiger partial charge in [0.2, 0.25) is 5.95 Å². The summed E-state index contributed by atoms with van der Waals surface area (Å²) in [6, 6.07) is 8.14. The van der Waals surface area contributed by atoms with Crippen LogP contribution in [0.4, 0.5) is 8.78 Å². The van der Waals surface area contributed by atoms with E-state index < -0.39 is 11.8 Å². The Kier molecular flexibility index (Phi) is 2.97. The van der Waals surface area contributed by atoms with Crippen LogP contribution in [-0.4, -0.2) is 4.98 Å². The molecule has 0 aliphatic carbocycles. The Labute approximate surface area is 95.9 Å². The highest BCUT2D eigenvalue weighted by atomic mass is 19.1. The molecule has 0 aliphatic rings. The van der Waals surface area contributed by atoms with Crippen molar-refractivity contribution in [2.75, 3.05) is 0 Å². The van der Waals surface area contributed by atoms with Crippen LogP contribution in [0.2, 0.25) is 0 Å². The fraction of sp³-hybridized carbons (Fsp3) is 0. The zero-order valence-electron chi connectivity index (χ0n) is 8.52. The van der Waals surface area contributed by atoms with Gasteiger partial charge in [0.05, 0.1) is 0 Å². The van der Waals surface area contributed by atoms with Crippen molar-refractivity contribution in [1.82, 2.24) is 4.98 Å². The van der Waals surface area contributed by atoms with Crippen LogP contribution in [0.1, 0.15) is 5.56 Å². The van der Waals surface area contributed by atoms with E-state index in [-0.39, 0.29) is 17.1 Å². The van der Waals surface area contributed by atoms with E-state index in [9.17, 15) is 8.78 Å². The van der Waals surface area contributed by atoms with Gasteiger partial charge in [0.15, 0.2) is 0 Å². The minimum absolute atomic E-state index is 0.0399. The summed E-state index contributed by atoms with van der Waals surface area (Å²) in [6.45, 7) is 0. The van der Waals surface area contributed by atoms with Crippen LogP contribution in [0.25, 0.3) is 0 Å². The highest BCUT2D eigenvalue weighted by Crippen LogP contribution is 2.26. The number of aromatic nitrogens is 1. The first-order valence-corrected chi connectivity index (χ1v) is 4.69. The normalized spacial score (nSPS) is 9.71. The van der Waals surface area contributed by atoms with E-state index in [1.54, 1.807) is 6.07 Å². The summed E-state index contributed by atoms with van der Waals surface area (Å²) >= 11 is 0. The summed E-state index contributed by atoms with van der Waals surface area (Å²) in [5.41, 5.74) is -0.218. The first-order chi connectivity index (χ1) is 8.20. The van der Waals surface area contributed by atoms with Gasteiger partial charge in [0.1, 0.15) is 28.9 Å². The molecular weight excluding hydrogens is 226 g/mol. The Bertz CT molecular complexity index is 593. The molecule has 0 saturated carbocycles. The molecule has 3 nitrogen and oxygen atoms in total. The van der Waals surface area contributed by atoms with E-state index in [0.717, 1.165) is 12.1 Å². The molecule has 0 atom stereocenters. The molecule has 1 aromatic carbocycles. The number of ether oxygens (including phenoxy) is 1. The van der Waals surface area contributed by atoms with Crippen molar-refractivity contribution < 1.29 is 13.5 Å². The van der Waals surface area contributed by atoms with Crippen molar-refractivity contribution in [3.8, 4) is 17.6 Å². The number of nitriles is 1. The molecule has 2 rings (SSSR count). The van der Waals surface area contributed by atoms with E-state index in [1.807, 2.05) is 0 Å². The van der Waals surface area contributed by atoms with Crippen LogP contribution in [0, 0.1) is 23.1 Å². The topological polar surface area (TPSA) is 45.9 Å². The molecule has 0 bridgehead atoms. The van der Waals surface area contributed by atoms with E-state index in [2.05, 4.69) is 4.98 Å². The Hall–Kier alpha value is -2.48. The molecule has 17 heavy (non-hydrogen) atoms. The number of rotatable bonds is 2. The Balaban J connectivity index is 2.37. The van der Waals surface area contributed by atoms with Gasteiger partial charge in [-0.05, 0) is 18.2 Å². The number of halogens is 2. The van der Waals surface area contributed by atoms with Crippen molar-refractivity contribution in [3.05, 3.63) is 53.9 Å². The summed E-state index contributed by atoms with van der Waals surface area (Å²) in [5.74, 6) is -1.20. The lowest BCUT2D eigenvalue weighted by Gasteiger charge is -2.07. The van der Waals surface area contributed by atoms with E-state index in [1.165, 1.54) is 24.4 Å². The molecule has 0 N–H and O–H groups in total. The van der Waals surface area contributed by atoms with Crippen molar-refractivity contribution in [1.29, 1.82) is 5.26 Å². The molecule has 0 spiro atoms. The first-order valence-electron chi connectivity index (χ1n) is 4.69. The number of hydrogen-bond acceptors (Lipinski definition) is 3. The van der Waals surface area contributed by atoms with Gasteiger partial charge in [0, 0.05) is 12.3 Å². The van der Waals surface area contributed by atoms with Crippen LogP contribution in [-0.2, 0) is 0 Å². The molecule has 0 aliphatic heterocycles. The number of benzene rings is 1. The molecule has 5 heteroatoms. The number of hydrogen-bond donors (Lipinski definition) is 0. The first kappa shape index (κ1) is 11.0. The van der Waals surface area contributed by atoms with Crippen LogP contribution in [0.3, 0.4) is 0 Å². The van der Waals surface area contributed by atoms with Crippen LogP contribution in [0.5, 0.6) is 11.5 Å². The predicted molar refractivity (Wildman–Crippen MR) is 55.4 cm³/mol. The highest BCUT2D eigenvalue weighted by Gasteiger charge is 2.10. The monoisotopic (exact) mass is 232 g/mol. The second-order valence-electron chi connectivity index (χ2n) is 3.14. The molecule has 0 radical (unpaired) electrons. The quantitative estimate of drug-likeness (QED) is 0.747. The van der Waals surface area contributed by atoms with E-state index >= 15 is 0 Å². The zero-order chi connectivity index (χ0) is 12.3. The highest BCUT2D eigenvalue weighted by molar-refractivity contribution is 5.45. The summed E-state index contributed by atoms with van der Waals surface area (Å²) in [6.07, 6.45) is 1.22. The van der Waals surface area contributed by atoms with Gasteiger partial charge in [-0.1, -0.05) is 6.07 Å². The smallest absolute Gasteiger partial charge is 0.216 e. The van der Waals surface area contributed by atoms with Crippen molar-refractivity contribution in [2.45, 2.75) is 0 Å². The molecule has 0 fully saturated rings. The third-order valence-electron chi connectivity index (χ3n) is 2.01. The lowest BCUT2D eigenvalue weighted by Crippen LogP contribution is -1.92. The van der Waals surface area contributed by atoms with Crippen LogP contribution >= 0.6 is 0 Å². The summed E-state index contributed by atoms with van der Waals surface area (Å²) in [4.78, 5) is 3.36. The fourth-order valence-corrected chi connectivity index (χ4v) is 1.27. The SMILES string of the molecule is N#Cc1c(F)cccc1Oc1ccnc(F)c1. The number of pyridine rings is 1. The fourth-order valence-electron chi connectivity index (χ4n) is 1.27. The van der Waals surface area contributed by atoms with Gasteiger partial charge in [-0.25, -0.2) is 9.37 Å². The van der Waals surface area contributed by atoms with Crippen LogP contribution < -0.4 is 4.74 Å². The second-order valence-corrected chi connectivity index (χ2v) is 3.14. The molecule has 2 aromatic rings. The lowest BCUT2D eigenvalue weighted by molar-refractivity contribution is 0.465. The summed E-state index contributed by atoms with van der Waals surface area (Å²) in [5, 5.41) is 8.78. The third-order valence-corrected chi connectivity index (χ3v) is 2.01. The molecule has 0 saturated heterocycles. The van der Waals surface area contributed by atoms with Gasteiger partial charge in [0.25, 0.3) is 0 Å². The predicted octanol–water partition coefficient (Wildman–Crippen LogP) is 3.02. The van der Waals surface area contributed by atoms with Gasteiger partial charge in [-0.3, -0.25) is 0 Å². The van der Waals surface area contributed by atoms with Gasteiger partial charge >= 0.3 is 0 Å². The Morgan fingerprint density at radius 1 is 1.24 bits per heavy atom. The minimum Gasteiger partial charge on any atom is -0.456 e. The standard InChI is InChI=1S/C12H6F2N2O/c13-10-2-1-3-11(9(10)7-15)17-8-4-5-16-12(14)6-8/h1-6H. The maximum Gasteiger partial charge on any atom is 0.216 e. The number of nitrogens with zero attached hydrogens (tertiary/aromatic N) is 2. The largest absolute Gasteiger partial charge is 0.456 e. The summed E-state index contributed by atoms with van der Waals surface area (Å²) in [7, 11) is 0. The van der Waals surface area contributed by atoms with E-state index in [0.29, 0.717) is 0 Å². The molecule has 84 valence electrons. The Morgan fingerprint density at radius 3 is 2.76 bits per heavy atom. The van der Waals surface area contributed by atoms with Gasteiger partial charge in [-0.2, -0.15) is 9.65 Å². The summed E-state index contributed by atoms with van der Waals surface area (Å²) < 4.78 is 31.3. The average molecular weight is 232 g/mol. The molecular formula is C12H6F2N2O. The maximum absolute atomic E-state index is 13.2. The van der Waals surface area contributed by atoms with E-state index in [4.69, 9.17) is 10.00 Å². The maximum atomic E-state index is 13.2. The van der Waals surface area contributed by atoms with Gasteiger partial charge in [-0.15, -0.1) is 0 Å². The molecule has 1 heterocycles. The van der Waals surface area contributed by atoms with Crippen molar-refractivity contribution in [2.24, 2.45) is 0 Å². The van der Waals surface area contributed by atoms with Gasteiger partial charge < -0.3 is 4.74 Å².